The standard InChI is InChI=1S/2C10H20O2.C7H13N.Pt/c2*1-10(2,3)8-6-4-5-7-9(11)12;1-6-4-2-3-5-7(6)8;/h2*4-8H2,1-3H3,(H,11,12);6-8H,1-5H2;/q;;-2;+4/p-2/t;;6-,7+;/m..0./s1. The molecule has 1 aliphatic rings. The maximum absolute atomic E-state index is 10.0. The van der Waals surface area contributed by atoms with Gasteiger partial charge in [-0.05, 0) is 49.4 Å². The normalized spacial score (nSPS) is 18.1. The monoisotopic (exact) mass is 648 g/mol. The van der Waals surface area contributed by atoms with Crippen molar-refractivity contribution in [2.45, 2.75) is 137 Å². The van der Waals surface area contributed by atoms with E-state index in [2.05, 4.69) is 48.5 Å². The zero-order chi connectivity index (χ0) is 25.2. The summed E-state index contributed by atoms with van der Waals surface area (Å²) >= 11 is 0. The van der Waals surface area contributed by atoms with Gasteiger partial charge in [-0.1, -0.05) is 92.9 Å². The molecule has 0 bridgehead atoms. The largest absolute Gasteiger partial charge is 4.00 e. The maximum atomic E-state index is 10.0. The van der Waals surface area contributed by atoms with Gasteiger partial charge in [-0.2, -0.15) is 12.0 Å². The third kappa shape index (κ3) is 33.8. The molecule has 0 radical (unpaired) electrons. The number of unbranched alkanes of at least 4 members (excludes halogenated alkanes) is 4. The summed E-state index contributed by atoms with van der Waals surface area (Å²) in [6.07, 6.45) is 13.3. The summed E-state index contributed by atoms with van der Waals surface area (Å²) in [5.74, 6) is -1.43. The molecule has 33 heavy (non-hydrogen) atoms. The molecule has 1 fully saturated rings. The van der Waals surface area contributed by atoms with Crippen molar-refractivity contribution in [3.05, 3.63) is 12.7 Å². The molecule has 1 aliphatic carbocycles. The Labute approximate surface area is 219 Å². The number of carboxylic acids is 2. The van der Waals surface area contributed by atoms with Gasteiger partial charge in [0, 0.05) is 11.9 Å². The topological polar surface area (TPSA) is 104 Å². The quantitative estimate of drug-likeness (QED) is 0.218. The zero-order valence-electron chi connectivity index (χ0n) is 22.2. The van der Waals surface area contributed by atoms with E-state index in [9.17, 15) is 19.8 Å². The van der Waals surface area contributed by atoms with Crippen LogP contribution in [0, 0.1) is 23.7 Å². The molecule has 5 nitrogen and oxygen atoms in total. The van der Waals surface area contributed by atoms with Gasteiger partial charge in [0.2, 0.25) is 0 Å². The molecule has 198 valence electrons. The average Bonchev–Trinajstić information content (AvgIpc) is 2.62. The Morgan fingerprint density at radius 1 is 0.758 bits per heavy atom. The van der Waals surface area contributed by atoms with Crippen molar-refractivity contribution in [1.29, 1.82) is 0 Å². The summed E-state index contributed by atoms with van der Waals surface area (Å²) in [4.78, 5) is 20.1. The minimum Gasteiger partial charge on any atom is -0.677 e. The van der Waals surface area contributed by atoms with Crippen molar-refractivity contribution in [2.24, 2.45) is 16.7 Å². The molecule has 0 aliphatic heterocycles. The van der Waals surface area contributed by atoms with E-state index in [-0.39, 0.29) is 39.9 Å². The Kier molecular flexibility index (Phi) is 23.5. The van der Waals surface area contributed by atoms with E-state index in [1.54, 1.807) is 0 Å². The average molecular weight is 649 g/mol. The van der Waals surface area contributed by atoms with Crippen molar-refractivity contribution in [3.8, 4) is 0 Å². The van der Waals surface area contributed by atoms with Crippen LogP contribution < -0.4 is 10.2 Å². The van der Waals surface area contributed by atoms with Crippen LogP contribution in [0.3, 0.4) is 0 Å². The van der Waals surface area contributed by atoms with Crippen molar-refractivity contribution in [1.82, 2.24) is 0 Å². The van der Waals surface area contributed by atoms with E-state index < -0.39 is 11.9 Å². The fraction of sp³-hybridized carbons (Fsp3) is 0.889. The first-order chi connectivity index (χ1) is 14.6. The van der Waals surface area contributed by atoms with Crippen LogP contribution >= 0.6 is 0 Å². The number of rotatable bonds is 10. The van der Waals surface area contributed by atoms with E-state index in [0.717, 1.165) is 44.9 Å². The summed E-state index contributed by atoms with van der Waals surface area (Å²) in [5.41, 5.74) is 8.17. The first-order valence-corrected chi connectivity index (χ1v) is 12.6. The van der Waals surface area contributed by atoms with Crippen LogP contribution in [0.4, 0.5) is 0 Å². The van der Waals surface area contributed by atoms with Crippen LogP contribution in [-0.4, -0.2) is 18.0 Å². The van der Waals surface area contributed by atoms with Crippen LogP contribution in [0.2, 0.25) is 0 Å². The molecule has 0 unspecified atom stereocenters. The number of carboxylic acid groups (broad SMARTS) is 2. The SMILES string of the molecule is CC(C)(C)CCCCCC(=O)[O-].CC(C)(C)CCCCCC(=O)[O-].[CH2-][C@H]1CCCC[C@H]1[NH-].[Pt+4]. The Morgan fingerprint density at radius 3 is 1.36 bits per heavy atom. The Morgan fingerprint density at radius 2 is 1.12 bits per heavy atom. The minimum absolute atomic E-state index is 0. The van der Waals surface area contributed by atoms with Gasteiger partial charge in [-0.15, -0.1) is 0 Å². The molecule has 0 aromatic carbocycles. The van der Waals surface area contributed by atoms with Gasteiger partial charge in [0.25, 0.3) is 0 Å². The Bertz CT molecular complexity index is 439. The second-order valence-corrected chi connectivity index (χ2v) is 11.6. The number of carbonyl (C=O) groups excluding carboxylic acids is 2. The number of aliphatic carboxylic acids is 2. The van der Waals surface area contributed by atoms with Crippen LogP contribution in [0.25, 0.3) is 5.73 Å². The fourth-order valence-corrected chi connectivity index (χ4v) is 3.41. The van der Waals surface area contributed by atoms with Gasteiger partial charge >= 0.3 is 21.1 Å². The summed E-state index contributed by atoms with van der Waals surface area (Å²) < 4.78 is 0. The van der Waals surface area contributed by atoms with Gasteiger partial charge in [-0.3, -0.25) is 0 Å². The van der Waals surface area contributed by atoms with Crippen molar-refractivity contribution >= 4 is 11.9 Å². The third-order valence-electron chi connectivity index (χ3n) is 5.52. The van der Waals surface area contributed by atoms with Crippen LogP contribution in [0.1, 0.15) is 131 Å². The van der Waals surface area contributed by atoms with Crippen molar-refractivity contribution in [2.75, 3.05) is 0 Å². The molecule has 0 heterocycles. The predicted molar refractivity (Wildman–Crippen MR) is 131 cm³/mol. The number of hydrogen-bond acceptors (Lipinski definition) is 4. The predicted octanol–water partition coefficient (Wildman–Crippen LogP) is 5.89. The molecule has 1 saturated carbocycles. The van der Waals surface area contributed by atoms with E-state index in [1.165, 1.54) is 32.1 Å². The second kappa shape index (κ2) is 20.9. The van der Waals surface area contributed by atoms with E-state index in [0.29, 0.717) is 16.7 Å². The number of nitrogens with one attached hydrogen (secondary N) is 1. The van der Waals surface area contributed by atoms with Gasteiger partial charge in [0.1, 0.15) is 0 Å². The van der Waals surface area contributed by atoms with Crippen molar-refractivity contribution < 1.29 is 40.9 Å². The van der Waals surface area contributed by atoms with Crippen LogP contribution in [0.15, 0.2) is 0 Å². The smallest absolute Gasteiger partial charge is 0.677 e. The minimum atomic E-state index is -0.925. The van der Waals surface area contributed by atoms with Gasteiger partial charge in [0.05, 0.1) is 0 Å². The summed E-state index contributed by atoms with van der Waals surface area (Å²) in [7, 11) is 0. The molecular weight excluding hydrogens is 597 g/mol. The molecule has 0 aromatic rings. The van der Waals surface area contributed by atoms with Gasteiger partial charge < -0.3 is 32.5 Å². The van der Waals surface area contributed by atoms with Crippen LogP contribution in [-0.2, 0) is 30.7 Å². The van der Waals surface area contributed by atoms with E-state index >= 15 is 0 Å². The molecule has 1 rings (SSSR count). The molecular formula is C27H51NO4Pt. The summed E-state index contributed by atoms with van der Waals surface area (Å²) in [5, 5.41) is 20.1. The molecule has 6 heteroatoms. The first kappa shape index (κ1) is 37.1. The fourth-order valence-electron chi connectivity index (χ4n) is 3.41. The van der Waals surface area contributed by atoms with Crippen LogP contribution in [0.5, 0.6) is 0 Å². The molecule has 0 spiro atoms. The maximum Gasteiger partial charge on any atom is 4.00 e. The number of hydrogen-bond donors (Lipinski definition) is 0. The molecule has 0 saturated heterocycles. The van der Waals surface area contributed by atoms with Crippen molar-refractivity contribution in [3.63, 3.8) is 0 Å². The van der Waals surface area contributed by atoms with E-state index in [4.69, 9.17) is 5.73 Å². The number of carbonyl (C=O) groups is 2. The molecule has 1 N–H and O–H groups in total. The Hall–Kier alpha value is -0.412. The molecule has 0 aromatic heterocycles. The molecule has 0 amide bonds. The second-order valence-electron chi connectivity index (χ2n) is 11.6. The first-order valence-electron chi connectivity index (χ1n) is 12.6. The summed E-state index contributed by atoms with van der Waals surface area (Å²) in [6.45, 7) is 17.1. The van der Waals surface area contributed by atoms with E-state index in [1.807, 2.05) is 0 Å². The molecule has 2 atom stereocenters. The van der Waals surface area contributed by atoms with Gasteiger partial charge in [-0.25, -0.2) is 0 Å². The summed E-state index contributed by atoms with van der Waals surface area (Å²) in [6, 6.07) is 0.142. The third-order valence-corrected chi connectivity index (χ3v) is 5.52. The van der Waals surface area contributed by atoms with Gasteiger partial charge in [0.15, 0.2) is 0 Å². The Balaban J connectivity index is -0.000000410. The zero-order valence-corrected chi connectivity index (χ0v) is 24.5.